The van der Waals surface area contributed by atoms with Gasteiger partial charge in [0.25, 0.3) is 5.69 Å². The van der Waals surface area contributed by atoms with E-state index < -0.39 is 4.92 Å². The first-order valence-corrected chi connectivity index (χ1v) is 6.02. The number of rotatable bonds is 4. The van der Waals surface area contributed by atoms with Crippen LogP contribution in [0.25, 0.3) is 0 Å². The molecule has 0 aliphatic heterocycles. The summed E-state index contributed by atoms with van der Waals surface area (Å²) in [5, 5.41) is 10.8. The molecule has 0 atom stereocenters. The Morgan fingerprint density at radius 2 is 2.15 bits per heavy atom. The zero-order valence-corrected chi connectivity index (χ0v) is 11.5. The number of nitrogens with one attached hydrogen (secondary N) is 1. The summed E-state index contributed by atoms with van der Waals surface area (Å²) in [5.41, 5.74) is 7.67. The van der Waals surface area contributed by atoms with Crippen molar-refractivity contribution in [2.45, 2.75) is 0 Å². The van der Waals surface area contributed by atoms with E-state index in [2.05, 4.69) is 31.3 Å². The van der Waals surface area contributed by atoms with E-state index >= 15 is 0 Å². The Morgan fingerprint density at radius 1 is 1.40 bits per heavy atom. The summed E-state index contributed by atoms with van der Waals surface area (Å²) in [5.74, 6) is 5.76. The van der Waals surface area contributed by atoms with E-state index in [-0.39, 0.29) is 33.6 Å². The van der Waals surface area contributed by atoms with Gasteiger partial charge in [0, 0.05) is 12.1 Å². The van der Waals surface area contributed by atoms with Crippen LogP contribution in [0.3, 0.4) is 0 Å². The van der Waals surface area contributed by atoms with Crippen LogP contribution in [-0.2, 0) is 0 Å². The second kappa shape index (κ2) is 5.67. The van der Waals surface area contributed by atoms with Crippen LogP contribution in [0.1, 0.15) is 0 Å². The highest BCUT2D eigenvalue weighted by Crippen LogP contribution is 2.36. The Morgan fingerprint density at radius 3 is 2.80 bits per heavy atom. The minimum Gasteiger partial charge on any atom is -0.437 e. The highest BCUT2D eigenvalue weighted by atomic mass is 79.9. The molecule has 2 aromatic rings. The van der Waals surface area contributed by atoms with Crippen LogP contribution >= 0.6 is 15.9 Å². The largest absolute Gasteiger partial charge is 0.437 e. The molecule has 0 saturated heterocycles. The number of nitro groups is 1. The van der Waals surface area contributed by atoms with Gasteiger partial charge in [0.05, 0.1) is 4.92 Å². The fourth-order valence-corrected chi connectivity index (χ4v) is 1.89. The van der Waals surface area contributed by atoms with Gasteiger partial charge in [-0.15, -0.1) is 0 Å². The molecule has 0 fully saturated rings. The molecule has 0 saturated carbocycles. The summed E-state index contributed by atoms with van der Waals surface area (Å²) in [6.45, 7) is 0. The van der Waals surface area contributed by atoms with Crippen molar-refractivity contribution >= 4 is 33.4 Å². The van der Waals surface area contributed by atoms with E-state index in [1.54, 1.807) is 6.07 Å². The van der Waals surface area contributed by atoms with Gasteiger partial charge in [-0.1, -0.05) is 6.07 Å². The number of nitro benzene ring substituents is 1. The van der Waals surface area contributed by atoms with Gasteiger partial charge in [-0.2, -0.15) is 9.97 Å². The molecule has 0 amide bonds. The van der Waals surface area contributed by atoms with Crippen LogP contribution in [0.4, 0.5) is 17.5 Å². The second-order valence-corrected chi connectivity index (χ2v) is 4.34. The number of halogens is 1. The minimum atomic E-state index is -0.530. The van der Waals surface area contributed by atoms with Crippen LogP contribution in [0.15, 0.2) is 28.7 Å². The summed E-state index contributed by atoms with van der Waals surface area (Å²) in [7, 11) is 0. The topological polar surface area (TPSA) is 142 Å². The van der Waals surface area contributed by atoms with Crippen LogP contribution in [-0.4, -0.2) is 14.9 Å². The van der Waals surface area contributed by atoms with Crippen molar-refractivity contribution in [1.29, 1.82) is 0 Å². The molecular weight excluding hydrogens is 332 g/mol. The third kappa shape index (κ3) is 2.92. The third-order valence-corrected chi connectivity index (χ3v) is 3.02. The molecule has 0 aliphatic rings. The van der Waals surface area contributed by atoms with Crippen molar-refractivity contribution in [3.05, 3.63) is 38.9 Å². The Labute approximate surface area is 121 Å². The Balaban J connectivity index is 2.37. The van der Waals surface area contributed by atoms with Gasteiger partial charge in [-0.05, 0) is 22.0 Å². The van der Waals surface area contributed by atoms with Gasteiger partial charge in [0.2, 0.25) is 11.8 Å². The maximum Gasteiger partial charge on any atom is 0.287 e. The van der Waals surface area contributed by atoms with Gasteiger partial charge in [-0.3, -0.25) is 10.1 Å². The summed E-state index contributed by atoms with van der Waals surface area (Å²) < 4.78 is 5.64. The number of hydrogen-bond donors (Lipinski definition) is 3. The van der Waals surface area contributed by atoms with E-state index in [1.807, 2.05) is 0 Å². The molecule has 1 aromatic heterocycles. The molecule has 20 heavy (non-hydrogen) atoms. The monoisotopic (exact) mass is 340 g/mol. The molecule has 9 nitrogen and oxygen atoms in total. The number of hydrazine groups is 1. The van der Waals surface area contributed by atoms with Crippen molar-refractivity contribution in [1.82, 2.24) is 9.97 Å². The third-order valence-electron chi connectivity index (χ3n) is 2.22. The fourth-order valence-electron chi connectivity index (χ4n) is 1.40. The second-order valence-electron chi connectivity index (χ2n) is 3.54. The van der Waals surface area contributed by atoms with Crippen LogP contribution in [0.2, 0.25) is 0 Å². The first-order valence-electron chi connectivity index (χ1n) is 5.23. The predicted octanol–water partition coefficient (Wildman–Crippen LogP) is 1.81. The first kappa shape index (κ1) is 14.0. The van der Waals surface area contributed by atoms with Crippen molar-refractivity contribution in [2.24, 2.45) is 5.84 Å². The van der Waals surface area contributed by atoms with E-state index in [9.17, 15) is 10.1 Å². The lowest BCUT2D eigenvalue weighted by Crippen LogP contribution is -2.10. The first-order chi connectivity index (χ1) is 9.51. The van der Waals surface area contributed by atoms with Gasteiger partial charge < -0.3 is 15.9 Å². The number of nitrogen functional groups attached to an aromatic ring is 2. The molecule has 1 heterocycles. The zero-order valence-electron chi connectivity index (χ0n) is 9.91. The number of hydrogen-bond acceptors (Lipinski definition) is 8. The number of ether oxygens (including phenoxy) is 1. The smallest absolute Gasteiger partial charge is 0.287 e. The molecule has 10 heteroatoms. The van der Waals surface area contributed by atoms with Crippen molar-refractivity contribution < 1.29 is 9.66 Å². The lowest BCUT2D eigenvalue weighted by atomic mass is 10.3. The average molecular weight is 341 g/mol. The van der Waals surface area contributed by atoms with Gasteiger partial charge in [-0.25, -0.2) is 5.84 Å². The standard InChI is InChI=1S/C10H9BrN6O3/c11-9-5(17(18)19)2-1-3-6(9)20-8-4-7(16-13)14-10(12)15-8/h1-4H,13H2,(H3,12,14,15,16). The molecule has 0 unspecified atom stereocenters. The Bertz CT molecular complexity index is 665. The van der Waals surface area contributed by atoms with Crippen molar-refractivity contribution in [3.8, 4) is 11.6 Å². The maximum atomic E-state index is 10.8. The van der Waals surface area contributed by atoms with Crippen LogP contribution in [0, 0.1) is 10.1 Å². The van der Waals surface area contributed by atoms with E-state index in [1.165, 1.54) is 18.2 Å². The normalized spacial score (nSPS) is 10.1. The molecule has 2 rings (SSSR count). The molecule has 1 aromatic carbocycles. The molecule has 0 radical (unpaired) electrons. The van der Waals surface area contributed by atoms with Crippen LogP contribution in [0.5, 0.6) is 11.6 Å². The van der Waals surface area contributed by atoms with E-state index in [0.717, 1.165) is 0 Å². The lowest BCUT2D eigenvalue weighted by Gasteiger charge is -2.08. The van der Waals surface area contributed by atoms with Crippen molar-refractivity contribution in [2.75, 3.05) is 11.2 Å². The number of benzene rings is 1. The number of anilines is 2. The zero-order chi connectivity index (χ0) is 14.7. The highest BCUT2D eigenvalue weighted by molar-refractivity contribution is 9.10. The molecule has 104 valence electrons. The lowest BCUT2D eigenvalue weighted by molar-refractivity contribution is -0.385. The highest BCUT2D eigenvalue weighted by Gasteiger charge is 2.17. The number of aromatic nitrogens is 2. The summed E-state index contributed by atoms with van der Waals surface area (Å²) in [6, 6.07) is 5.79. The molecular formula is C10H9BrN6O3. The van der Waals surface area contributed by atoms with Crippen LogP contribution < -0.4 is 21.7 Å². The number of nitrogens with zero attached hydrogens (tertiary/aromatic N) is 3. The Kier molecular flexibility index (Phi) is 3.96. The van der Waals surface area contributed by atoms with E-state index in [4.69, 9.17) is 16.3 Å². The van der Waals surface area contributed by atoms with Gasteiger partial charge in [0.1, 0.15) is 10.3 Å². The van der Waals surface area contributed by atoms with Gasteiger partial charge >= 0.3 is 0 Å². The summed E-state index contributed by atoms with van der Waals surface area (Å²) >= 11 is 3.11. The predicted molar refractivity (Wildman–Crippen MR) is 75.1 cm³/mol. The quantitative estimate of drug-likeness (QED) is 0.434. The molecule has 0 spiro atoms. The number of nitrogens with two attached hydrogens (primary N) is 2. The minimum absolute atomic E-state index is 0.0444. The Hall–Kier alpha value is -2.46. The van der Waals surface area contributed by atoms with Gasteiger partial charge in [0.15, 0.2) is 5.75 Å². The average Bonchev–Trinajstić information content (AvgIpc) is 2.40. The maximum absolute atomic E-state index is 10.8. The molecule has 5 N–H and O–H groups in total. The summed E-state index contributed by atoms with van der Waals surface area (Å²) in [6.07, 6.45) is 0. The summed E-state index contributed by atoms with van der Waals surface area (Å²) in [4.78, 5) is 17.9. The molecule has 0 aliphatic carbocycles. The van der Waals surface area contributed by atoms with Crippen molar-refractivity contribution in [3.63, 3.8) is 0 Å². The fraction of sp³-hybridized carbons (Fsp3) is 0. The van der Waals surface area contributed by atoms with E-state index in [0.29, 0.717) is 0 Å². The molecule has 0 bridgehead atoms. The SMILES string of the molecule is NNc1cc(Oc2cccc([N+](=O)[O-])c2Br)nc(N)n1.